The molecule has 0 aromatic heterocycles. The molecule has 0 heterocycles. The Hall–Kier alpha value is -0.470. The van der Waals surface area contributed by atoms with Crippen LogP contribution in [0.5, 0.6) is 0 Å². The minimum atomic E-state index is -0.857. The molecular formula is C13H23BrO6. The minimum absolute atomic E-state index is 0.0218. The maximum atomic E-state index is 10.2. The molecule has 0 fully saturated rings. The number of aliphatic carboxylic acids is 1. The number of carbonyl (C=O) groups is 1. The zero-order chi connectivity index (χ0) is 14.9. The van der Waals surface area contributed by atoms with Crippen LogP contribution in [0.4, 0.5) is 0 Å². The molecule has 7 heteroatoms. The topological polar surface area (TPSA) is 74.2 Å². The molecule has 6 nitrogen and oxygen atoms in total. The van der Waals surface area contributed by atoms with Gasteiger partial charge in [-0.15, -0.1) is 0 Å². The SMILES string of the molecule is O=C(O)CCOCCOCCOCCOC/C=C/CBr. The fourth-order valence-electron chi connectivity index (χ4n) is 1.10. The number of ether oxygens (including phenoxy) is 4. The van der Waals surface area contributed by atoms with Crippen molar-refractivity contribution >= 4 is 21.9 Å². The van der Waals surface area contributed by atoms with Gasteiger partial charge in [0.1, 0.15) is 0 Å². The van der Waals surface area contributed by atoms with E-state index in [-0.39, 0.29) is 13.0 Å². The van der Waals surface area contributed by atoms with Crippen LogP contribution in [0.25, 0.3) is 0 Å². The maximum absolute atomic E-state index is 10.2. The number of carboxylic acid groups (broad SMARTS) is 1. The number of hydrogen-bond acceptors (Lipinski definition) is 5. The summed E-state index contributed by atoms with van der Waals surface area (Å²) in [7, 11) is 0. The highest BCUT2D eigenvalue weighted by molar-refractivity contribution is 9.09. The quantitative estimate of drug-likeness (QED) is 0.273. The second kappa shape index (κ2) is 16.6. The van der Waals surface area contributed by atoms with Crippen LogP contribution in [0.15, 0.2) is 12.2 Å². The van der Waals surface area contributed by atoms with E-state index in [1.165, 1.54) is 0 Å². The van der Waals surface area contributed by atoms with Gasteiger partial charge < -0.3 is 24.1 Å². The van der Waals surface area contributed by atoms with Crippen LogP contribution in [-0.4, -0.2) is 69.3 Å². The number of rotatable bonds is 15. The third-order valence-corrected chi connectivity index (χ3v) is 2.42. The van der Waals surface area contributed by atoms with Gasteiger partial charge in [0.2, 0.25) is 0 Å². The molecular weight excluding hydrogens is 332 g/mol. The third kappa shape index (κ3) is 17.5. The molecule has 0 atom stereocenters. The Morgan fingerprint density at radius 3 is 1.85 bits per heavy atom. The summed E-state index contributed by atoms with van der Waals surface area (Å²) in [6.07, 6.45) is 3.95. The first-order chi connectivity index (χ1) is 9.77. The summed E-state index contributed by atoms with van der Waals surface area (Å²) in [4.78, 5) is 10.2. The number of halogens is 1. The fourth-order valence-corrected chi connectivity index (χ4v) is 1.37. The van der Waals surface area contributed by atoms with E-state index < -0.39 is 5.97 Å². The van der Waals surface area contributed by atoms with Crippen molar-refractivity contribution in [2.45, 2.75) is 6.42 Å². The van der Waals surface area contributed by atoms with Gasteiger partial charge in [-0.05, 0) is 0 Å². The molecule has 0 aliphatic heterocycles. The van der Waals surface area contributed by atoms with E-state index in [1.54, 1.807) is 0 Å². The average Bonchev–Trinajstić information content (AvgIpc) is 2.43. The smallest absolute Gasteiger partial charge is 0.305 e. The minimum Gasteiger partial charge on any atom is -0.481 e. The second-order valence-electron chi connectivity index (χ2n) is 3.68. The number of allylic oxidation sites excluding steroid dienone is 1. The molecule has 0 aliphatic carbocycles. The lowest BCUT2D eigenvalue weighted by Crippen LogP contribution is -2.12. The first-order valence-electron chi connectivity index (χ1n) is 6.51. The normalized spacial score (nSPS) is 11.2. The summed E-state index contributed by atoms with van der Waals surface area (Å²) in [5, 5.41) is 9.21. The van der Waals surface area contributed by atoms with Crippen LogP contribution in [0.2, 0.25) is 0 Å². The van der Waals surface area contributed by atoms with E-state index in [2.05, 4.69) is 15.9 Å². The molecule has 118 valence electrons. The summed E-state index contributed by atoms with van der Waals surface area (Å²) >= 11 is 3.28. The van der Waals surface area contributed by atoms with Crippen LogP contribution in [-0.2, 0) is 23.7 Å². The molecule has 0 saturated heterocycles. The van der Waals surface area contributed by atoms with E-state index in [0.717, 1.165) is 5.33 Å². The van der Waals surface area contributed by atoms with E-state index in [4.69, 9.17) is 24.1 Å². The highest BCUT2D eigenvalue weighted by Crippen LogP contribution is 1.86. The van der Waals surface area contributed by atoms with Crippen molar-refractivity contribution in [3.05, 3.63) is 12.2 Å². The maximum Gasteiger partial charge on any atom is 0.305 e. The Morgan fingerprint density at radius 1 is 0.850 bits per heavy atom. The summed E-state index contributed by atoms with van der Waals surface area (Å²) in [6.45, 7) is 3.76. The van der Waals surface area contributed by atoms with E-state index in [1.807, 2.05) is 12.2 Å². The van der Waals surface area contributed by atoms with Crippen LogP contribution < -0.4 is 0 Å². The Morgan fingerprint density at radius 2 is 1.35 bits per heavy atom. The lowest BCUT2D eigenvalue weighted by atomic mass is 10.5. The third-order valence-electron chi connectivity index (χ3n) is 2.05. The molecule has 0 radical (unpaired) electrons. The second-order valence-corrected chi connectivity index (χ2v) is 4.33. The Labute approximate surface area is 128 Å². The number of alkyl halides is 1. The van der Waals surface area contributed by atoms with Gasteiger partial charge in [-0.1, -0.05) is 28.1 Å². The average molecular weight is 355 g/mol. The van der Waals surface area contributed by atoms with Gasteiger partial charge >= 0.3 is 5.97 Å². The van der Waals surface area contributed by atoms with Crippen LogP contribution in [0, 0.1) is 0 Å². The first kappa shape index (κ1) is 19.5. The van der Waals surface area contributed by atoms with Crippen molar-refractivity contribution < 1.29 is 28.8 Å². The first-order valence-corrected chi connectivity index (χ1v) is 7.63. The Balaban J connectivity index is 2.99. The fraction of sp³-hybridized carbons (Fsp3) is 0.769. The highest BCUT2D eigenvalue weighted by atomic mass is 79.9. The van der Waals surface area contributed by atoms with Gasteiger partial charge in [-0.25, -0.2) is 0 Å². The molecule has 0 amide bonds. The summed E-state index contributed by atoms with van der Waals surface area (Å²) in [5.74, 6) is -0.857. The zero-order valence-electron chi connectivity index (χ0n) is 11.6. The van der Waals surface area contributed by atoms with E-state index in [0.29, 0.717) is 46.2 Å². The predicted octanol–water partition coefficient (Wildman–Crippen LogP) is 1.48. The summed E-state index contributed by atoms with van der Waals surface area (Å²) in [5.41, 5.74) is 0. The molecule has 0 saturated carbocycles. The van der Waals surface area contributed by atoms with Crippen molar-refractivity contribution in [3.63, 3.8) is 0 Å². The van der Waals surface area contributed by atoms with Crippen molar-refractivity contribution in [3.8, 4) is 0 Å². The number of hydrogen-bond donors (Lipinski definition) is 1. The summed E-state index contributed by atoms with van der Waals surface area (Å²) in [6, 6.07) is 0. The predicted molar refractivity (Wildman–Crippen MR) is 78.5 cm³/mol. The molecule has 0 aromatic carbocycles. The van der Waals surface area contributed by atoms with Gasteiger partial charge in [0.25, 0.3) is 0 Å². The van der Waals surface area contributed by atoms with E-state index in [9.17, 15) is 4.79 Å². The molecule has 0 bridgehead atoms. The van der Waals surface area contributed by atoms with E-state index >= 15 is 0 Å². The molecule has 0 spiro atoms. The standard InChI is InChI=1S/C13H23BrO6/c14-4-1-2-5-17-7-9-19-11-12-20-10-8-18-6-3-13(15)16/h1-2H,3-12H2,(H,15,16)/b2-1+. The molecule has 20 heavy (non-hydrogen) atoms. The molecule has 0 unspecified atom stereocenters. The van der Waals surface area contributed by atoms with Crippen molar-refractivity contribution in [1.29, 1.82) is 0 Å². The molecule has 0 aliphatic rings. The highest BCUT2D eigenvalue weighted by Gasteiger charge is 1.96. The van der Waals surface area contributed by atoms with Crippen molar-refractivity contribution in [2.75, 3.05) is 58.2 Å². The van der Waals surface area contributed by atoms with Gasteiger partial charge in [0.05, 0.1) is 59.3 Å². The van der Waals surface area contributed by atoms with Crippen molar-refractivity contribution in [1.82, 2.24) is 0 Å². The lowest BCUT2D eigenvalue weighted by molar-refractivity contribution is -0.138. The van der Waals surface area contributed by atoms with Gasteiger partial charge in [0, 0.05) is 5.33 Å². The monoisotopic (exact) mass is 354 g/mol. The summed E-state index contributed by atoms with van der Waals surface area (Å²) < 4.78 is 20.9. The van der Waals surface area contributed by atoms with Crippen LogP contribution in [0.1, 0.15) is 6.42 Å². The largest absolute Gasteiger partial charge is 0.481 e. The zero-order valence-corrected chi connectivity index (χ0v) is 13.2. The Kier molecular flexibility index (Phi) is 16.2. The van der Waals surface area contributed by atoms with Gasteiger partial charge in [0.15, 0.2) is 0 Å². The number of carboxylic acids is 1. The lowest BCUT2D eigenvalue weighted by Gasteiger charge is -2.06. The van der Waals surface area contributed by atoms with Crippen molar-refractivity contribution in [2.24, 2.45) is 0 Å². The van der Waals surface area contributed by atoms with Crippen LogP contribution in [0.3, 0.4) is 0 Å². The van der Waals surface area contributed by atoms with Crippen LogP contribution >= 0.6 is 15.9 Å². The molecule has 0 rings (SSSR count). The molecule has 1 N–H and O–H groups in total. The van der Waals surface area contributed by atoms with Gasteiger partial charge in [-0.2, -0.15) is 0 Å². The van der Waals surface area contributed by atoms with Gasteiger partial charge in [-0.3, -0.25) is 4.79 Å². The molecule has 0 aromatic rings. The Bertz CT molecular complexity index is 247.